The Labute approximate surface area is 287 Å². The predicted molar refractivity (Wildman–Crippen MR) is 200 cm³/mol. The summed E-state index contributed by atoms with van der Waals surface area (Å²) in [6.45, 7) is 0. The van der Waals surface area contributed by atoms with Crippen LogP contribution in [0.25, 0.3) is 78.7 Å². The molecule has 0 spiro atoms. The summed E-state index contributed by atoms with van der Waals surface area (Å²) in [7, 11) is 0. The maximum Gasteiger partial charge on any atom is 0.254 e. The molecule has 5 heterocycles. The topological polar surface area (TPSA) is 91.5 Å². The van der Waals surface area contributed by atoms with E-state index in [0.717, 1.165) is 55.6 Å². The number of aromatic amines is 2. The summed E-state index contributed by atoms with van der Waals surface area (Å²) >= 11 is 0. The highest BCUT2D eigenvalue weighted by atomic mass is 16.2. The van der Waals surface area contributed by atoms with Crippen molar-refractivity contribution >= 4 is 45.8 Å². The Kier molecular flexibility index (Phi) is 6.99. The summed E-state index contributed by atoms with van der Waals surface area (Å²) in [6, 6.07) is 47.6. The van der Waals surface area contributed by atoms with E-state index >= 15 is 0 Å². The predicted octanol–water partition coefficient (Wildman–Crippen LogP) is 10.2. The molecule has 50 heavy (non-hydrogen) atoms. The maximum atomic E-state index is 14.1. The highest BCUT2D eigenvalue weighted by molar-refractivity contribution is 6.52. The molecule has 4 aromatic carbocycles. The van der Waals surface area contributed by atoms with Crippen LogP contribution in [-0.4, -0.2) is 31.5 Å². The maximum absolute atomic E-state index is 14.1. The van der Waals surface area contributed by atoms with Crippen LogP contribution in [0.4, 0.5) is 0 Å². The number of nitrogens with zero attached hydrogens (tertiary/aromatic N) is 2. The van der Waals surface area contributed by atoms with Crippen molar-refractivity contribution in [2.45, 2.75) is 0 Å². The molecule has 2 aliphatic heterocycles. The first-order chi connectivity index (χ1) is 24.6. The van der Waals surface area contributed by atoms with Crippen molar-refractivity contribution in [1.82, 2.24) is 19.9 Å². The largest absolute Gasteiger partial charge is 0.354 e. The summed E-state index contributed by atoms with van der Waals surface area (Å²) in [6.07, 6.45) is 3.87. The molecule has 6 nitrogen and oxygen atoms in total. The van der Waals surface area contributed by atoms with Crippen LogP contribution in [0.2, 0.25) is 0 Å². The number of H-pyrrole nitrogens is 2. The molecule has 0 saturated heterocycles. The number of nitrogens with one attached hydrogen (secondary N) is 2. The molecule has 8 bridgehead atoms. The number of fused-ring (bicyclic) bond motifs is 8. The molecule has 7 aromatic rings. The number of carbonyl (C=O) groups excluding carboxylic acids is 2. The lowest BCUT2D eigenvalue weighted by molar-refractivity contribution is 0.0826. The Hall–Kier alpha value is -6.92. The summed E-state index contributed by atoms with van der Waals surface area (Å²) < 4.78 is 0. The molecule has 6 heteroatoms. The van der Waals surface area contributed by atoms with Crippen LogP contribution in [0, 0.1) is 0 Å². The lowest BCUT2D eigenvalue weighted by atomic mass is 9.98. The number of hydrogen-bond acceptors (Lipinski definition) is 4. The van der Waals surface area contributed by atoms with E-state index in [-0.39, 0.29) is 11.4 Å². The van der Waals surface area contributed by atoms with E-state index in [4.69, 9.17) is 9.97 Å². The number of ketones is 2. The summed E-state index contributed by atoms with van der Waals surface area (Å²) in [5, 5.41) is 0. The molecule has 0 amide bonds. The Bertz CT molecular complexity index is 2660. The minimum Gasteiger partial charge on any atom is -0.354 e. The molecule has 0 aliphatic carbocycles. The second kappa shape index (κ2) is 12.0. The van der Waals surface area contributed by atoms with Crippen LogP contribution in [0.5, 0.6) is 0 Å². The van der Waals surface area contributed by atoms with Crippen molar-refractivity contribution in [3.05, 3.63) is 168 Å². The first-order valence-electron chi connectivity index (χ1n) is 16.4. The lowest BCUT2D eigenvalue weighted by Gasteiger charge is -2.06. The van der Waals surface area contributed by atoms with E-state index in [1.807, 2.05) is 121 Å². The number of benzene rings is 4. The third kappa shape index (κ3) is 4.90. The van der Waals surface area contributed by atoms with Gasteiger partial charge in [0, 0.05) is 44.3 Å². The zero-order valence-electron chi connectivity index (χ0n) is 26.7. The van der Waals surface area contributed by atoms with Crippen LogP contribution < -0.4 is 0 Å². The summed E-state index contributed by atoms with van der Waals surface area (Å²) in [5.41, 5.74) is 11.2. The van der Waals surface area contributed by atoms with E-state index < -0.39 is 11.6 Å². The van der Waals surface area contributed by atoms with Crippen molar-refractivity contribution in [2.24, 2.45) is 0 Å². The van der Waals surface area contributed by atoms with Gasteiger partial charge in [-0.1, -0.05) is 121 Å². The molecule has 0 atom stereocenters. The molecule has 3 aromatic heterocycles. The van der Waals surface area contributed by atoms with Gasteiger partial charge in [0.1, 0.15) is 11.4 Å². The van der Waals surface area contributed by atoms with E-state index in [9.17, 15) is 9.59 Å². The quantitative estimate of drug-likeness (QED) is 0.187. The third-order valence-corrected chi connectivity index (χ3v) is 9.19. The number of hydrogen-bond donors (Lipinski definition) is 2. The van der Waals surface area contributed by atoms with Crippen LogP contribution >= 0.6 is 0 Å². The Morgan fingerprint density at radius 3 is 1.16 bits per heavy atom. The zero-order valence-corrected chi connectivity index (χ0v) is 26.7. The van der Waals surface area contributed by atoms with E-state index in [1.165, 1.54) is 0 Å². The van der Waals surface area contributed by atoms with Crippen LogP contribution in [0.1, 0.15) is 32.4 Å². The lowest BCUT2D eigenvalue weighted by Crippen LogP contribution is -2.09. The SMILES string of the molecule is O=C1C(=O)c2nc1c(-c1ccccc1)c1nc(c(-c3ccccc3)c3ccc([nH]3)c(-c3ccccc3)c3ccc([nH]3)c2-c2ccccc2)C=C1. The van der Waals surface area contributed by atoms with Crippen molar-refractivity contribution < 1.29 is 9.59 Å². The van der Waals surface area contributed by atoms with Crippen molar-refractivity contribution in [1.29, 1.82) is 0 Å². The second-order valence-corrected chi connectivity index (χ2v) is 12.2. The van der Waals surface area contributed by atoms with Crippen LogP contribution in [0.3, 0.4) is 0 Å². The Morgan fingerprint density at radius 2 is 0.680 bits per heavy atom. The molecular weight excluding hydrogens is 617 g/mol. The van der Waals surface area contributed by atoms with Gasteiger partial charge in [-0.3, -0.25) is 9.59 Å². The van der Waals surface area contributed by atoms with E-state index in [1.54, 1.807) is 0 Å². The van der Waals surface area contributed by atoms with Crippen LogP contribution in [-0.2, 0) is 0 Å². The fourth-order valence-corrected chi connectivity index (χ4v) is 6.92. The Morgan fingerprint density at radius 1 is 0.340 bits per heavy atom. The standard InChI is InChI=1S/C44H28N4O2/c49-43-41-39(29-17-9-3-10-18-29)35-25-23-33(46-35)37(27-13-5-1-6-14-27)31-21-22-32(45-31)38(28-15-7-2-8-16-28)34-24-26-36(47-34)40(42(48-41)44(43)50)30-19-11-4-12-20-30/h1-26,45-46H. The highest BCUT2D eigenvalue weighted by Crippen LogP contribution is 2.38. The minimum absolute atomic E-state index is 0.0770. The van der Waals surface area contributed by atoms with Gasteiger partial charge in [-0.05, 0) is 58.7 Å². The van der Waals surface area contributed by atoms with E-state index in [0.29, 0.717) is 22.3 Å². The number of rotatable bonds is 4. The molecule has 2 N–H and O–H groups in total. The van der Waals surface area contributed by atoms with Gasteiger partial charge in [0.05, 0.1) is 11.4 Å². The van der Waals surface area contributed by atoms with Gasteiger partial charge in [0.25, 0.3) is 11.6 Å². The molecule has 0 radical (unpaired) electrons. The molecule has 0 saturated carbocycles. The monoisotopic (exact) mass is 644 g/mol. The van der Waals surface area contributed by atoms with E-state index in [2.05, 4.69) is 46.4 Å². The average molecular weight is 645 g/mol. The van der Waals surface area contributed by atoms with Gasteiger partial charge in [0.15, 0.2) is 0 Å². The molecule has 9 rings (SSSR count). The number of carbonyl (C=O) groups is 2. The summed E-state index contributed by atoms with van der Waals surface area (Å²) in [5.74, 6) is -1.32. The van der Waals surface area contributed by atoms with Crippen LogP contribution in [0.15, 0.2) is 146 Å². The zero-order chi connectivity index (χ0) is 33.6. The molecule has 0 unspecified atom stereocenters. The smallest absolute Gasteiger partial charge is 0.254 e. The fourth-order valence-electron chi connectivity index (χ4n) is 6.92. The normalized spacial score (nSPS) is 12.4. The summed E-state index contributed by atoms with van der Waals surface area (Å²) in [4.78, 5) is 45.6. The Balaban J connectivity index is 1.52. The molecule has 0 fully saturated rings. The second-order valence-electron chi connectivity index (χ2n) is 12.2. The molecular formula is C44H28N4O2. The minimum atomic E-state index is -0.662. The van der Waals surface area contributed by atoms with Crippen molar-refractivity contribution in [3.63, 3.8) is 0 Å². The molecule has 2 aliphatic rings. The van der Waals surface area contributed by atoms with Crippen molar-refractivity contribution in [3.8, 4) is 44.5 Å². The first-order valence-corrected chi connectivity index (χ1v) is 16.4. The van der Waals surface area contributed by atoms with Crippen molar-refractivity contribution in [2.75, 3.05) is 0 Å². The molecule has 236 valence electrons. The first kappa shape index (κ1) is 29.2. The third-order valence-electron chi connectivity index (χ3n) is 9.19. The van der Waals surface area contributed by atoms with Gasteiger partial charge >= 0.3 is 0 Å². The number of Topliss-reactive ketones (excluding diaryl/α,β-unsaturated/α-hetero) is 2. The van der Waals surface area contributed by atoms with Gasteiger partial charge < -0.3 is 9.97 Å². The fraction of sp³-hybridized carbons (Fsp3) is 0. The van der Waals surface area contributed by atoms with Gasteiger partial charge in [-0.2, -0.15) is 0 Å². The number of aromatic nitrogens is 4. The van der Waals surface area contributed by atoms with Gasteiger partial charge in [-0.15, -0.1) is 0 Å². The van der Waals surface area contributed by atoms with Gasteiger partial charge in [0.2, 0.25) is 0 Å². The average Bonchev–Trinajstić information content (AvgIpc) is 3.99. The highest BCUT2D eigenvalue weighted by Gasteiger charge is 2.34. The van der Waals surface area contributed by atoms with Gasteiger partial charge in [-0.25, -0.2) is 9.97 Å².